The maximum atomic E-state index is 12.4. The first kappa shape index (κ1) is 18.7. The van der Waals surface area contributed by atoms with Gasteiger partial charge in [0.25, 0.3) is 5.91 Å². The Morgan fingerprint density at radius 1 is 1.12 bits per heavy atom. The van der Waals surface area contributed by atoms with Gasteiger partial charge in [-0.1, -0.05) is 11.3 Å². The van der Waals surface area contributed by atoms with Crippen molar-refractivity contribution < 1.29 is 19.1 Å². The standard InChI is InChI=1S/C17H21N3O4S/c1-10-13(14(21)19-11-6-8-12(23-5)9-7-11)25-15(18-10)20-16(22)24-17(2,3)4/h6-9H,1-5H3,(H,19,21)(H,18,20,22). The topological polar surface area (TPSA) is 89.6 Å². The molecule has 0 saturated carbocycles. The molecule has 0 radical (unpaired) electrons. The van der Waals surface area contributed by atoms with E-state index < -0.39 is 11.7 Å². The SMILES string of the molecule is COc1ccc(NC(=O)c2sc(NC(=O)OC(C)(C)C)nc2C)cc1. The van der Waals surface area contributed by atoms with E-state index in [1.54, 1.807) is 59.1 Å². The van der Waals surface area contributed by atoms with Crippen LogP contribution in [-0.4, -0.2) is 29.7 Å². The summed E-state index contributed by atoms with van der Waals surface area (Å²) < 4.78 is 10.3. The van der Waals surface area contributed by atoms with Gasteiger partial charge in [-0.2, -0.15) is 0 Å². The van der Waals surface area contributed by atoms with E-state index >= 15 is 0 Å². The zero-order chi connectivity index (χ0) is 18.6. The lowest BCUT2D eigenvalue weighted by Gasteiger charge is -2.18. The van der Waals surface area contributed by atoms with Crippen LogP contribution in [-0.2, 0) is 4.74 Å². The lowest BCUT2D eigenvalue weighted by atomic mass is 10.2. The van der Waals surface area contributed by atoms with Crippen molar-refractivity contribution in [3.63, 3.8) is 0 Å². The number of nitrogens with one attached hydrogen (secondary N) is 2. The van der Waals surface area contributed by atoms with E-state index in [1.807, 2.05) is 0 Å². The van der Waals surface area contributed by atoms with Crippen LogP contribution in [0.3, 0.4) is 0 Å². The van der Waals surface area contributed by atoms with Crippen molar-refractivity contribution in [1.82, 2.24) is 4.98 Å². The van der Waals surface area contributed by atoms with Crippen molar-refractivity contribution in [1.29, 1.82) is 0 Å². The molecule has 1 aromatic heterocycles. The van der Waals surface area contributed by atoms with Crippen molar-refractivity contribution in [3.8, 4) is 5.75 Å². The molecule has 0 aliphatic carbocycles. The second kappa shape index (κ2) is 7.52. The second-order valence-corrected chi connectivity index (χ2v) is 7.24. The van der Waals surface area contributed by atoms with E-state index in [2.05, 4.69) is 15.6 Å². The number of hydrogen-bond donors (Lipinski definition) is 2. The predicted molar refractivity (Wildman–Crippen MR) is 97.7 cm³/mol. The number of benzene rings is 1. The summed E-state index contributed by atoms with van der Waals surface area (Å²) in [6, 6.07) is 7.00. The molecule has 0 unspecified atom stereocenters. The van der Waals surface area contributed by atoms with Crippen molar-refractivity contribution in [2.45, 2.75) is 33.3 Å². The Kier molecular flexibility index (Phi) is 5.63. The second-order valence-electron chi connectivity index (χ2n) is 6.24. The quantitative estimate of drug-likeness (QED) is 0.855. The summed E-state index contributed by atoms with van der Waals surface area (Å²) in [6.45, 7) is 7.02. The molecule has 1 aromatic carbocycles. The van der Waals surface area contributed by atoms with Crippen LogP contribution < -0.4 is 15.4 Å². The van der Waals surface area contributed by atoms with E-state index in [1.165, 1.54) is 0 Å². The average Bonchev–Trinajstić information content (AvgIpc) is 2.86. The fraction of sp³-hybridized carbons (Fsp3) is 0.353. The first-order valence-corrected chi connectivity index (χ1v) is 8.42. The number of ether oxygens (including phenoxy) is 2. The maximum Gasteiger partial charge on any atom is 0.413 e. The number of rotatable bonds is 4. The van der Waals surface area contributed by atoms with Crippen LogP contribution in [0, 0.1) is 6.92 Å². The van der Waals surface area contributed by atoms with Gasteiger partial charge in [0.05, 0.1) is 12.8 Å². The molecule has 2 N–H and O–H groups in total. The number of nitrogens with zero attached hydrogens (tertiary/aromatic N) is 1. The highest BCUT2D eigenvalue weighted by Gasteiger charge is 2.20. The number of aryl methyl sites for hydroxylation is 1. The van der Waals surface area contributed by atoms with Crippen LogP contribution in [0.2, 0.25) is 0 Å². The third-order valence-corrected chi connectivity index (χ3v) is 4.03. The van der Waals surface area contributed by atoms with Gasteiger partial charge in [0, 0.05) is 5.69 Å². The van der Waals surface area contributed by atoms with E-state index in [9.17, 15) is 9.59 Å². The highest BCUT2D eigenvalue weighted by atomic mass is 32.1. The van der Waals surface area contributed by atoms with Crippen LogP contribution in [0.4, 0.5) is 15.6 Å². The van der Waals surface area contributed by atoms with Crippen LogP contribution in [0.15, 0.2) is 24.3 Å². The van der Waals surface area contributed by atoms with Crippen LogP contribution in [0.25, 0.3) is 0 Å². The highest BCUT2D eigenvalue weighted by Crippen LogP contribution is 2.25. The first-order valence-electron chi connectivity index (χ1n) is 7.61. The summed E-state index contributed by atoms with van der Waals surface area (Å²) in [7, 11) is 1.58. The third-order valence-electron chi connectivity index (χ3n) is 2.96. The van der Waals surface area contributed by atoms with Gasteiger partial charge in [0.2, 0.25) is 0 Å². The number of thiazole rings is 1. The number of anilines is 2. The zero-order valence-corrected chi connectivity index (χ0v) is 15.6. The normalized spacial score (nSPS) is 10.9. The van der Waals surface area contributed by atoms with E-state index in [-0.39, 0.29) is 5.91 Å². The molecule has 7 nitrogen and oxygen atoms in total. The van der Waals surface area contributed by atoms with Crippen LogP contribution >= 0.6 is 11.3 Å². The monoisotopic (exact) mass is 363 g/mol. The Bertz CT molecular complexity index is 763. The minimum atomic E-state index is -0.608. The molecule has 0 aliphatic heterocycles. The zero-order valence-electron chi connectivity index (χ0n) is 14.8. The van der Waals surface area contributed by atoms with Gasteiger partial charge < -0.3 is 14.8 Å². The Morgan fingerprint density at radius 2 is 1.76 bits per heavy atom. The molecule has 2 aromatic rings. The maximum absolute atomic E-state index is 12.4. The Balaban J connectivity index is 2.05. The minimum absolute atomic E-state index is 0.294. The Hall–Kier alpha value is -2.61. The molecule has 0 atom stereocenters. The summed E-state index contributed by atoms with van der Waals surface area (Å²) >= 11 is 1.09. The van der Waals surface area contributed by atoms with E-state index in [0.29, 0.717) is 27.1 Å². The van der Waals surface area contributed by atoms with Gasteiger partial charge in [-0.15, -0.1) is 0 Å². The fourth-order valence-corrected chi connectivity index (χ4v) is 2.76. The van der Waals surface area contributed by atoms with E-state index in [0.717, 1.165) is 11.3 Å². The number of aromatic nitrogens is 1. The van der Waals surface area contributed by atoms with E-state index in [4.69, 9.17) is 9.47 Å². The molecule has 8 heteroatoms. The first-order chi connectivity index (χ1) is 11.7. The molecule has 2 rings (SSSR count). The van der Waals surface area contributed by atoms with Gasteiger partial charge in [-0.25, -0.2) is 9.78 Å². The number of hydrogen-bond acceptors (Lipinski definition) is 6. The lowest BCUT2D eigenvalue weighted by Crippen LogP contribution is -2.27. The number of methoxy groups -OCH3 is 1. The van der Waals surface area contributed by atoms with Gasteiger partial charge in [0.15, 0.2) is 5.13 Å². The van der Waals surface area contributed by atoms with Gasteiger partial charge in [0.1, 0.15) is 16.2 Å². The third kappa shape index (κ3) is 5.46. The van der Waals surface area contributed by atoms with Gasteiger partial charge >= 0.3 is 6.09 Å². The predicted octanol–water partition coefficient (Wildman–Crippen LogP) is 4.06. The molecule has 0 spiro atoms. The summed E-state index contributed by atoms with van der Waals surface area (Å²) in [5.41, 5.74) is 0.563. The van der Waals surface area contributed by atoms with Crippen molar-refractivity contribution in [2.75, 3.05) is 17.7 Å². The van der Waals surface area contributed by atoms with Crippen molar-refractivity contribution >= 4 is 34.2 Å². The summed E-state index contributed by atoms with van der Waals surface area (Å²) in [6.07, 6.45) is -0.608. The summed E-state index contributed by atoms with van der Waals surface area (Å²) in [5.74, 6) is 0.410. The minimum Gasteiger partial charge on any atom is -0.497 e. The smallest absolute Gasteiger partial charge is 0.413 e. The molecule has 25 heavy (non-hydrogen) atoms. The van der Waals surface area contributed by atoms with Gasteiger partial charge in [-0.3, -0.25) is 10.1 Å². The van der Waals surface area contributed by atoms with Gasteiger partial charge in [-0.05, 0) is 52.0 Å². The Morgan fingerprint density at radius 3 is 2.32 bits per heavy atom. The molecule has 134 valence electrons. The number of carbonyl (C=O) groups excluding carboxylic acids is 2. The van der Waals surface area contributed by atoms with Crippen LogP contribution in [0.1, 0.15) is 36.1 Å². The van der Waals surface area contributed by atoms with Crippen LogP contribution in [0.5, 0.6) is 5.75 Å². The lowest BCUT2D eigenvalue weighted by molar-refractivity contribution is 0.0635. The highest BCUT2D eigenvalue weighted by molar-refractivity contribution is 7.17. The molecule has 1 heterocycles. The summed E-state index contributed by atoms with van der Waals surface area (Å²) in [4.78, 5) is 28.8. The Labute approximate surface area is 150 Å². The fourth-order valence-electron chi connectivity index (χ4n) is 1.91. The molecule has 0 saturated heterocycles. The average molecular weight is 363 g/mol. The van der Waals surface area contributed by atoms with Crippen molar-refractivity contribution in [2.24, 2.45) is 0 Å². The van der Waals surface area contributed by atoms with Crippen molar-refractivity contribution in [3.05, 3.63) is 34.8 Å². The molecule has 0 aliphatic rings. The summed E-state index contributed by atoms with van der Waals surface area (Å²) in [5, 5.41) is 5.64. The molecule has 2 amide bonds. The molecule has 0 fully saturated rings. The molecular formula is C17H21N3O4S. The number of amides is 2. The molecule has 0 bridgehead atoms. The largest absolute Gasteiger partial charge is 0.497 e. The number of carbonyl (C=O) groups is 2. The molecular weight excluding hydrogens is 342 g/mol.